The van der Waals surface area contributed by atoms with E-state index in [1.807, 2.05) is 52.0 Å². The molecule has 1 aliphatic heterocycles. The third-order valence-corrected chi connectivity index (χ3v) is 5.49. The van der Waals surface area contributed by atoms with Gasteiger partial charge in [0.25, 0.3) is 11.8 Å². The molecule has 0 spiro atoms. The molecule has 1 saturated heterocycles. The quantitative estimate of drug-likeness (QED) is 0.692. The first kappa shape index (κ1) is 21.8. The molecule has 3 amide bonds. The molecule has 2 aromatic carbocycles. The highest BCUT2D eigenvalue weighted by atomic mass is 16.2. The monoisotopic (exact) mass is 406 g/mol. The standard InChI is InChI=1S/C25H30N2O3/c1-16(2)18-11-13-20(14-12-18)26-22(28)15-21(24(26)30)27(25(4,5)6)23(29)19-9-7-17(3)8-10-19/h7-14,16,21H,15H2,1-6H3. The molecule has 5 nitrogen and oxygen atoms in total. The van der Waals surface area contributed by atoms with Crippen molar-refractivity contribution in [2.24, 2.45) is 0 Å². The van der Waals surface area contributed by atoms with E-state index in [-0.39, 0.29) is 24.1 Å². The predicted molar refractivity (Wildman–Crippen MR) is 119 cm³/mol. The van der Waals surface area contributed by atoms with Gasteiger partial charge in [0.2, 0.25) is 5.91 Å². The smallest absolute Gasteiger partial charge is 0.257 e. The molecule has 0 bridgehead atoms. The highest BCUT2D eigenvalue weighted by Crippen LogP contribution is 2.31. The molecule has 1 atom stereocenters. The molecule has 0 radical (unpaired) electrons. The Hall–Kier alpha value is -2.95. The van der Waals surface area contributed by atoms with E-state index < -0.39 is 11.6 Å². The lowest BCUT2D eigenvalue weighted by atomic mass is 9.99. The van der Waals surface area contributed by atoms with Crippen molar-refractivity contribution in [1.82, 2.24) is 4.90 Å². The van der Waals surface area contributed by atoms with Gasteiger partial charge in [-0.05, 0) is 63.4 Å². The summed E-state index contributed by atoms with van der Waals surface area (Å²) >= 11 is 0. The van der Waals surface area contributed by atoms with Gasteiger partial charge in [0.1, 0.15) is 6.04 Å². The summed E-state index contributed by atoms with van der Waals surface area (Å²) < 4.78 is 0. The van der Waals surface area contributed by atoms with Gasteiger partial charge in [-0.25, -0.2) is 4.90 Å². The van der Waals surface area contributed by atoms with Crippen LogP contribution in [0.2, 0.25) is 0 Å². The first-order valence-electron chi connectivity index (χ1n) is 10.4. The molecule has 5 heteroatoms. The largest absolute Gasteiger partial charge is 0.321 e. The van der Waals surface area contributed by atoms with Crippen LogP contribution in [-0.4, -0.2) is 34.2 Å². The summed E-state index contributed by atoms with van der Waals surface area (Å²) in [6.45, 7) is 11.8. The number of rotatable bonds is 4. The van der Waals surface area contributed by atoms with Crippen LogP contribution < -0.4 is 4.90 Å². The minimum atomic E-state index is -0.823. The molecular weight excluding hydrogens is 376 g/mol. The van der Waals surface area contributed by atoms with Gasteiger partial charge in [-0.1, -0.05) is 43.7 Å². The molecule has 1 heterocycles. The van der Waals surface area contributed by atoms with E-state index in [1.165, 1.54) is 4.90 Å². The number of aryl methyl sites for hydroxylation is 1. The summed E-state index contributed by atoms with van der Waals surface area (Å²) in [5, 5.41) is 0. The van der Waals surface area contributed by atoms with Crippen LogP contribution in [0.1, 0.15) is 68.4 Å². The Kier molecular flexibility index (Phi) is 5.84. The first-order chi connectivity index (χ1) is 14.0. The second-order valence-corrected chi connectivity index (χ2v) is 9.25. The topological polar surface area (TPSA) is 57.7 Å². The van der Waals surface area contributed by atoms with Crippen molar-refractivity contribution in [3.63, 3.8) is 0 Å². The number of nitrogens with zero attached hydrogens (tertiary/aromatic N) is 2. The predicted octanol–water partition coefficient (Wildman–Crippen LogP) is 4.69. The zero-order valence-corrected chi connectivity index (χ0v) is 18.6. The normalized spacial score (nSPS) is 17.0. The fraction of sp³-hybridized carbons (Fsp3) is 0.400. The van der Waals surface area contributed by atoms with Crippen LogP contribution in [0, 0.1) is 6.92 Å². The molecule has 30 heavy (non-hydrogen) atoms. The molecular formula is C25H30N2O3. The van der Waals surface area contributed by atoms with Crippen LogP contribution in [-0.2, 0) is 9.59 Å². The van der Waals surface area contributed by atoms with E-state index in [1.54, 1.807) is 29.2 Å². The minimum Gasteiger partial charge on any atom is -0.321 e. The highest BCUT2D eigenvalue weighted by molar-refractivity contribution is 6.23. The third-order valence-electron chi connectivity index (χ3n) is 5.49. The fourth-order valence-electron chi connectivity index (χ4n) is 3.85. The SMILES string of the molecule is Cc1ccc(C(=O)N(C2CC(=O)N(c3ccc(C(C)C)cc3)C2=O)C(C)(C)C)cc1. The van der Waals surface area contributed by atoms with Crippen LogP contribution in [0.5, 0.6) is 0 Å². The van der Waals surface area contributed by atoms with E-state index in [2.05, 4.69) is 13.8 Å². The van der Waals surface area contributed by atoms with Crippen LogP contribution in [0.4, 0.5) is 5.69 Å². The number of hydrogen-bond acceptors (Lipinski definition) is 3. The van der Waals surface area contributed by atoms with Gasteiger partial charge in [0.05, 0.1) is 12.1 Å². The number of hydrogen-bond donors (Lipinski definition) is 0. The zero-order chi connectivity index (χ0) is 22.2. The van der Waals surface area contributed by atoms with Gasteiger partial charge in [0.15, 0.2) is 0 Å². The maximum Gasteiger partial charge on any atom is 0.257 e. The molecule has 0 aliphatic carbocycles. The lowest BCUT2D eigenvalue weighted by Gasteiger charge is -2.39. The van der Waals surface area contributed by atoms with E-state index >= 15 is 0 Å². The summed E-state index contributed by atoms with van der Waals surface area (Å²) in [5.41, 5.74) is 2.63. The number of carbonyl (C=O) groups excluding carboxylic acids is 3. The summed E-state index contributed by atoms with van der Waals surface area (Å²) in [6, 6.07) is 13.9. The highest BCUT2D eigenvalue weighted by Gasteiger charge is 2.47. The Bertz CT molecular complexity index is 953. The summed E-state index contributed by atoms with van der Waals surface area (Å²) in [6.07, 6.45) is -0.0142. The van der Waals surface area contributed by atoms with Crippen LogP contribution >= 0.6 is 0 Å². The minimum absolute atomic E-state index is 0.0142. The lowest BCUT2D eigenvalue weighted by Crippen LogP contribution is -2.54. The average Bonchev–Trinajstić information content (AvgIpc) is 2.95. The van der Waals surface area contributed by atoms with Gasteiger partial charge in [-0.15, -0.1) is 0 Å². The molecule has 0 N–H and O–H groups in total. The van der Waals surface area contributed by atoms with Crippen LogP contribution in [0.15, 0.2) is 48.5 Å². The number of amides is 3. The molecule has 0 aromatic heterocycles. The maximum absolute atomic E-state index is 13.3. The van der Waals surface area contributed by atoms with Crippen molar-refractivity contribution in [1.29, 1.82) is 0 Å². The second kappa shape index (κ2) is 8.05. The summed E-state index contributed by atoms with van der Waals surface area (Å²) in [5.74, 6) is -0.521. The van der Waals surface area contributed by atoms with E-state index in [0.717, 1.165) is 11.1 Å². The van der Waals surface area contributed by atoms with E-state index in [0.29, 0.717) is 17.2 Å². The van der Waals surface area contributed by atoms with Gasteiger partial charge in [-0.3, -0.25) is 14.4 Å². The van der Waals surface area contributed by atoms with E-state index in [4.69, 9.17) is 0 Å². The molecule has 0 saturated carbocycles. The molecule has 2 aromatic rings. The molecule has 1 fully saturated rings. The van der Waals surface area contributed by atoms with Gasteiger partial charge < -0.3 is 4.90 Å². The van der Waals surface area contributed by atoms with E-state index in [9.17, 15) is 14.4 Å². The van der Waals surface area contributed by atoms with Crippen LogP contribution in [0.25, 0.3) is 0 Å². The summed E-state index contributed by atoms with van der Waals surface area (Å²) in [4.78, 5) is 42.3. The van der Waals surface area contributed by atoms with Gasteiger partial charge >= 0.3 is 0 Å². The van der Waals surface area contributed by atoms with Gasteiger partial charge in [0, 0.05) is 11.1 Å². The fourth-order valence-corrected chi connectivity index (χ4v) is 3.85. The Morgan fingerprint density at radius 2 is 1.57 bits per heavy atom. The molecule has 1 unspecified atom stereocenters. The number of imide groups is 1. The average molecular weight is 407 g/mol. The molecule has 1 aliphatic rings. The van der Waals surface area contributed by atoms with Crippen molar-refractivity contribution in [2.75, 3.05) is 4.90 Å². The number of anilines is 1. The Balaban J connectivity index is 1.94. The second-order valence-electron chi connectivity index (χ2n) is 9.25. The Morgan fingerprint density at radius 1 is 1.00 bits per heavy atom. The zero-order valence-electron chi connectivity index (χ0n) is 18.6. The summed E-state index contributed by atoms with van der Waals surface area (Å²) in [7, 11) is 0. The first-order valence-corrected chi connectivity index (χ1v) is 10.4. The Labute approximate surface area is 178 Å². The molecule has 3 rings (SSSR count). The lowest BCUT2D eigenvalue weighted by molar-refractivity contribution is -0.123. The van der Waals surface area contributed by atoms with Crippen molar-refractivity contribution < 1.29 is 14.4 Å². The van der Waals surface area contributed by atoms with Crippen molar-refractivity contribution in [3.05, 3.63) is 65.2 Å². The number of carbonyl (C=O) groups is 3. The maximum atomic E-state index is 13.3. The Morgan fingerprint density at radius 3 is 2.07 bits per heavy atom. The third kappa shape index (κ3) is 4.16. The van der Waals surface area contributed by atoms with Gasteiger partial charge in [-0.2, -0.15) is 0 Å². The van der Waals surface area contributed by atoms with Crippen LogP contribution in [0.3, 0.4) is 0 Å². The number of benzene rings is 2. The van der Waals surface area contributed by atoms with Crippen molar-refractivity contribution in [2.45, 2.75) is 65.5 Å². The molecule has 158 valence electrons. The van der Waals surface area contributed by atoms with Crippen molar-refractivity contribution in [3.8, 4) is 0 Å². The van der Waals surface area contributed by atoms with Crippen molar-refractivity contribution >= 4 is 23.4 Å².